The molecule has 4 rings (SSSR count). The molecule has 6 nitrogen and oxygen atoms in total. The summed E-state index contributed by atoms with van der Waals surface area (Å²) in [5.41, 5.74) is -0.296. The van der Waals surface area contributed by atoms with Gasteiger partial charge >= 0.3 is 6.18 Å². The SMILES string of the molecule is O=C(NC1CC1)C1CCCN(C(=O)c2csc(Nc3cccc(C(F)(F)F)c3)n2)C1. The zero-order valence-corrected chi connectivity index (χ0v) is 16.9. The first-order valence-electron chi connectivity index (χ1n) is 9.79. The van der Waals surface area contributed by atoms with Gasteiger partial charge < -0.3 is 15.5 Å². The minimum atomic E-state index is -4.43. The number of carbonyl (C=O) groups is 2. The van der Waals surface area contributed by atoms with Crippen LogP contribution in [0.3, 0.4) is 0 Å². The normalized spacial score (nSPS) is 19.4. The number of hydrogen-bond acceptors (Lipinski definition) is 5. The van der Waals surface area contributed by atoms with Gasteiger partial charge in [0.1, 0.15) is 5.69 Å². The minimum absolute atomic E-state index is 0.000167. The summed E-state index contributed by atoms with van der Waals surface area (Å²) in [5, 5.41) is 7.72. The molecule has 1 aliphatic heterocycles. The van der Waals surface area contributed by atoms with Crippen molar-refractivity contribution >= 4 is 34.0 Å². The third kappa shape index (κ3) is 4.92. The van der Waals surface area contributed by atoms with Crippen LogP contribution in [0.25, 0.3) is 0 Å². The van der Waals surface area contributed by atoms with Gasteiger partial charge in [-0.25, -0.2) is 4.98 Å². The summed E-state index contributed by atoms with van der Waals surface area (Å²) in [7, 11) is 0. The zero-order valence-electron chi connectivity index (χ0n) is 16.0. The van der Waals surface area contributed by atoms with Gasteiger partial charge in [-0.3, -0.25) is 9.59 Å². The Kier molecular flexibility index (Phi) is 5.68. The second-order valence-corrected chi connectivity index (χ2v) is 8.47. The van der Waals surface area contributed by atoms with E-state index < -0.39 is 11.7 Å². The van der Waals surface area contributed by atoms with Crippen molar-refractivity contribution in [3.8, 4) is 0 Å². The first-order chi connectivity index (χ1) is 14.3. The second-order valence-electron chi connectivity index (χ2n) is 7.61. The third-order valence-electron chi connectivity index (χ3n) is 5.17. The van der Waals surface area contributed by atoms with Gasteiger partial charge in [0.2, 0.25) is 5.91 Å². The minimum Gasteiger partial charge on any atom is -0.353 e. The number of rotatable bonds is 5. The molecule has 1 aliphatic carbocycles. The standard InChI is InChI=1S/C20H21F3N4O2S/c21-20(22,23)13-4-1-5-15(9-13)25-19-26-16(11-30-19)18(29)27-8-2-3-12(10-27)17(28)24-14-6-7-14/h1,4-5,9,11-12,14H,2-3,6-8,10H2,(H,24,28)(H,25,26). The Hall–Kier alpha value is -2.62. The average Bonchev–Trinajstić information content (AvgIpc) is 3.42. The molecule has 2 aliphatic rings. The molecule has 0 spiro atoms. The van der Waals surface area contributed by atoms with Crippen LogP contribution >= 0.6 is 11.3 Å². The number of anilines is 2. The van der Waals surface area contributed by atoms with Crippen LogP contribution in [-0.2, 0) is 11.0 Å². The molecule has 1 saturated heterocycles. The number of likely N-dealkylation sites (tertiary alicyclic amines) is 1. The topological polar surface area (TPSA) is 74.3 Å². The smallest absolute Gasteiger partial charge is 0.353 e. The van der Waals surface area contributed by atoms with Crippen molar-refractivity contribution in [3.63, 3.8) is 0 Å². The van der Waals surface area contributed by atoms with Gasteiger partial charge in [-0.1, -0.05) is 6.07 Å². The van der Waals surface area contributed by atoms with Crippen LogP contribution in [0.2, 0.25) is 0 Å². The summed E-state index contributed by atoms with van der Waals surface area (Å²) in [6, 6.07) is 5.09. The van der Waals surface area contributed by atoms with Crippen molar-refractivity contribution < 1.29 is 22.8 Å². The average molecular weight is 438 g/mol. The molecular weight excluding hydrogens is 417 g/mol. The molecule has 1 saturated carbocycles. The molecule has 2 N–H and O–H groups in total. The number of piperidine rings is 1. The number of halogens is 3. The molecule has 2 aromatic rings. The first kappa shape index (κ1) is 20.6. The third-order valence-corrected chi connectivity index (χ3v) is 5.93. The highest BCUT2D eigenvalue weighted by molar-refractivity contribution is 7.14. The monoisotopic (exact) mass is 438 g/mol. The number of hydrogen-bond donors (Lipinski definition) is 2. The van der Waals surface area contributed by atoms with Crippen LogP contribution in [0.4, 0.5) is 24.0 Å². The maximum Gasteiger partial charge on any atom is 0.416 e. The van der Waals surface area contributed by atoms with E-state index in [1.165, 1.54) is 12.1 Å². The van der Waals surface area contributed by atoms with Crippen molar-refractivity contribution in [3.05, 3.63) is 40.9 Å². The fourth-order valence-corrected chi connectivity index (χ4v) is 4.12. The summed E-state index contributed by atoms with van der Waals surface area (Å²) in [6.07, 6.45) is -0.906. The first-order valence-corrected chi connectivity index (χ1v) is 10.7. The Labute approximate surface area is 175 Å². The highest BCUT2D eigenvalue weighted by Crippen LogP contribution is 2.32. The molecule has 1 atom stereocenters. The van der Waals surface area contributed by atoms with Crippen molar-refractivity contribution in [1.29, 1.82) is 0 Å². The van der Waals surface area contributed by atoms with Crippen molar-refractivity contribution in [1.82, 2.24) is 15.2 Å². The van der Waals surface area contributed by atoms with Crippen LogP contribution in [0.1, 0.15) is 41.7 Å². The van der Waals surface area contributed by atoms with Gasteiger partial charge in [0.05, 0.1) is 11.5 Å². The Morgan fingerprint density at radius 1 is 1.20 bits per heavy atom. The number of carbonyl (C=O) groups excluding carboxylic acids is 2. The summed E-state index contributed by atoms with van der Waals surface area (Å²) >= 11 is 1.14. The molecule has 160 valence electrons. The lowest BCUT2D eigenvalue weighted by Gasteiger charge is -2.31. The Morgan fingerprint density at radius 2 is 2.00 bits per heavy atom. The lowest BCUT2D eigenvalue weighted by atomic mass is 9.97. The van der Waals surface area contributed by atoms with E-state index in [1.54, 1.807) is 10.3 Å². The zero-order chi connectivity index (χ0) is 21.3. The Morgan fingerprint density at radius 3 is 2.73 bits per heavy atom. The van der Waals surface area contributed by atoms with Gasteiger partial charge in [-0.15, -0.1) is 11.3 Å². The lowest BCUT2D eigenvalue weighted by molar-refractivity contribution is -0.137. The predicted molar refractivity (Wildman–Crippen MR) is 107 cm³/mol. The fourth-order valence-electron chi connectivity index (χ4n) is 3.41. The number of nitrogens with zero attached hydrogens (tertiary/aromatic N) is 2. The van der Waals surface area contributed by atoms with Gasteiger partial charge in [0, 0.05) is 30.2 Å². The van der Waals surface area contributed by atoms with Crippen LogP contribution in [0.15, 0.2) is 29.6 Å². The summed E-state index contributed by atoms with van der Waals surface area (Å²) in [4.78, 5) is 31.0. The molecule has 0 radical (unpaired) electrons. The van der Waals surface area contributed by atoms with Crippen molar-refractivity contribution in [2.45, 2.75) is 37.9 Å². The van der Waals surface area contributed by atoms with E-state index in [4.69, 9.17) is 0 Å². The molecular formula is C20H21F3N4O2S. The lowest BCUT2D eigenvalue weighted by Crippen LogP contribution is -2.46. The quantitative estimate of drug-likeness (QED) is 0.739. The van der Waals surface area contributed by atoms with E-state index in [0.29, 0.717) is 18.2 Å². The molecule has 2 heterocycles. The predicted octanol–water partition coefficient (Wildman–Crippen LogP) is 4.04. The maximum absolute atomic E-state index is 12.9. The number of benzene rings is 1. The number of nitrogens with one attached hydrogen (secondary N) is 2. The fraction of sp³-hybridized carbons (Fsp3) is 0.450. The maximum atomic E-state index is 12.9. The Balaban J connectivity index is 1.39. The number of aromatic nitrogens is 1. The van der Waals surface area contributed by atoms with Gasteiger partial charge in [-0.05, 0) is 43.9 Å². The van der Waals surface area contributed by atoms with Gasteiger partial charge in [-0.2, -0.15) is 13.2 Å². The molecule has 10 heteroatoms. The second kappa shape index (κ2) is 8.25. The van der Waals surface area contributed by atoms with E-state index in [1.807, 2.05) is 0 Å². The summed E-state index contributed by atoms with van der Waals surface area (Å²) in [5.74, 6) is -0.489. The highest BCUT2D eigenvalue weighted by Gasteiger charge is 2.33. The highest BCUT2D eigenvalue weighted by atomic mass is 32.1. The van der Waals surface area contributed by atoms with E-state index in [2.05, 4.69) is 15.6 Å². The molecule has 0 bridgehead atoms. The van der Waals surface area contributed by atoms with Crippen LogP contribution in [0.5, 0.6) is 0 Å². The number of thiazole rings is 1. The van der Waals surface area contributed by atoms with Gasteiger partial charge in [0.25, 0.3) is 5.91 Å². The van der Waals surface area contributed by atoms with E-state index in [9.17, 15) is 22.8 Å². The molecule has 1 aromatic carbocycles. The molecule has 1 unspecified atom stereocenters. The number of alkyl halides is 3. The van der Waals surface area contributed by atoms with E-state index in [0.717, 1.165) is 49.2 Å². The molecule has 1 aromatic heterocycles. The van der Waals surface area contributed by atoms with Crippen molar-refractivity contribution in [2.24, 2.45) is 5.92 Å². The van der Waals surface area contributed by atoms with E-state index >= 15 is 0 Å². The van der Waals surface area contributed by atoms with Crippen LogP contribution in [0, 0.1) is 5.92 Å². The largest absolute Gasteiger partial charge is 0.416 e. The number of amides is 2. The summed E-state index contributed by atoms with van der Waals surface area (Å²) < 4.78 is 38.6. The molecule has 2 fully saturated rings. The molecule has 2 amide bonds. The summed E-state index contributed by atoms with van der Waals surface area (Å²) in [6.45, 7) is 0.908. The Bertz CT molecular complexity index is 942. The van der Waals surface area contributed by atoms with E-state index in [-0.39, 0.29) is 35.2 Å². The van der Waals surface area contributed by atoms with Crippen LogP contribution in [-0.4, -0.2) is 40.8 Å². The van der Waals surface area contributed by atoms with Crippen molar-refractivity contribution in [2.75, 3.05) is 18.4 Å². The van der Waals surface area contributed by atoms with Crippen LogP contribution < -0.4 is 10.6 Å². The van der Waals surface area contributed by atoms with Gasteiger partial charge in [0.15, 0.2) is 5.13 Å². The molecule has 30 heavy (non-hydrogen) atoms.